The van der Waals surface area contributed by atoms with Crippen molar-refractivity contribution in [3.05, 3.63) is 58.3 Å². The van der Waals surface area contributed by atoms with E-state index in [-0.39, 0.29) is 23.5 Å². The van der Waals surface area contributed by atoms with E-state index in [2.05, 4.69) is 26.0 Å². The van der Waals surface area contributed by atoms with Crippen LogP contribution in [-0.2, 0) is 14.8 Å². The van der Waals surface area contributed by atoms with Gasteiger partial charge < -0.3 is 5.32 Å². The molecule has 2 rings (SSSR count). The van der Waals surface area contributed by atoms with Crippen molar-refractivity contribution in [2.75, 3.05) is 11.9 Å². The van der Waals surface area contributed by atoms with Crippen LogP contribution in [0.25, 0.3) is 0 Å². The number of rotatable bonds is 6. The van der Waals surface area contributed by atoms with Crippen LogP contribution in [0.15, 0.2) is 51.8 Å². The summed E-state index contributed by atoms with van der Waals surface area (Å²) >= 11 is 3.23. The Balaban J connectivity index is 1.89. The third-order valence-electron chi connectivity index (χ3n) is 3.17. The summed E-state index contributed by atoms with van der Waals surface area (Å²) in [6.07, 6.45) is -0.108. The van der Waals surface area contributed by atoms with Crippen molar-refractivity contribution in [3.63, 3.8) is 0 Å². The number of benzene rings is 2. The summed E-state index contributed by atoms with van der Waals surface area (Å²) in [5, 5.41) is 2.42. The molecule has 2 aromatic rings. The van der Waals surface area contributed by atoms with Crippen molar-refractivity contribution in [1.82, 2.24) is 4.72 Å². The number of sulfonamides is 1. The van der Waals surface area contributed by atoms with Crippen LogP contribution < -0.4 is 10.0 Å². The predicted octanol–water partition coefficient (Wildman–Crippen LogP) is 3.20. The highest BCUT2D eigenvalue weighted by Crippen LogP contribution is 2.16. The number of nitrogens with one attached hydrogen (secondary N) is 2. The monoisotopic (exact) mass is 414 g/mol. The summed E-state index contributed by atoms with van der Waals surface area (Å²) in [4.78, 5) is 11.9. The highest BCUT2D eigenvalue weighted by atomic mass is 79.9. The molecule has 0 aromatic heterocycles. The Morgan fingerprint density at radius 3 is 2.46 bits per heavy atom. The van der Waals surface area contributed by atoms with Crippen molar-refractivity contribution in [1.29, 1.82) is 0 Å². The largest absolute Gasteiger partial charge is 0.324 e. The van der Waals surface area contributed by atoms with Gasteiger partial charge in [0.2, 0.25) is 15.9 Å². The summed E-state index contributed by atoms with van der Waals surface area (Å²) in [5.74, 6) is -1.00. The van der Waals surface area contributed by atoms with Gasteiger partial charge in [0, 0.05) is 17.4 Å². The van der Waals surface area contributed by atoms with Gasteiger partial charge in [-0.25, -0.2) is 17.5 Å². The predicted molar refractivity (Wildman–Crippen MR) is 93.7 cm³/mol. The average Bonchev–Trinajstić information content (AvgIpc) is 2.50. The highest BCUT2D eigenvalue weighted by Gasteiger charge is 2.14. The van der Waals surface area contributed by atoms with Crippen LogP contribution >= 0.6 is 15.9 Å². The summed E-state index contributed by atoms with van der Waals surface area (Å²) in [7, 11) is -3.68. The molecule has 24 heavy (non-hydrogen) atoms. The molecule has 5 nitrogen and oxygen atoms in total. The fourth-order valence-electron chi connectivity index (χ4n) is 1.93. The lowest BCUT2D eigenvalue weighted by Crippen LogP contribution is -2.28. The molecular formula is C16H16BrFN2O3S. The van der Waals surface area contributed by atoms with Crippen LogP contribution in [-0.4, -0.2) is 20.9 Å². The molecule has 0 spiro atoms. The molecule has 0 bridgehead atoms. The van der Waals surface area contributed by atoms with E-state index in [1.807, 2.05) is 0 Å². The third-order valence-corrected chi connectivity index (χ3v) is 5.17. The summed E-state index contributed by atoms with van der Waals surface area (Å²) < 4.78 is 40.9. The number of anilines is 1. The summed E-state index contributed by atoms with van der Waals surface area (Å²) in [5.41, 5.74) is 0.814. The van der Waals surface area contributed by atoms with Gasteiger partial charge in [0.15, 0.2) is 0 Å². The van der Waals surface area contributed by atoms with Crippen LogP contribution in [0.1, 0.15) is 12.0 Å². The number of carbonyl (C=O) groups excluding carboxylic acids is 1. The lowest BCUT2D eigenvalue weighted by molar-refractivity contribution is -0.116. The maximum atomic E-state index is 13.6. The molecule has 0 saturated heterocycles. The molecule has 0 unspecified atom stereocenters. The first-order valence-electron chi connectivity index (χ1n) is 7.09. The average molecular weight is 415 g/mol. The van der Waals surface area contributed by atoms with Gasteiger partial charge >= 0.3 is 0 Å². The molecule has 0 radical (unpaired) electrons. The number of amides is 1. The molecule has 1 amide bonds. The van der Waals surface area contributed by atoms with E-state index in [1.54, 1.807) is 25.1 Å². The van der Waals surface area contributed by atoms with Gasteiger partial charge in [-0.1, -0.05) is 22.0 Å². The number of hydrogen-bond acceptors (Lipinski definition) is 3. The standard InChI is InChI=1S/C16H16BrFN2O3S/c1-11-2-7-15(14(18)10-11)20-16(21)8-9-19-24(22,23)13-5-3-12(17)4-6-13/h2-7,10,19H,8-9H2,1H3,(H,20,21). The first-order valence-corrected chi connectivity index (χ1v) is 9.37. The van der Waals surface area contributed by atoms with E-state index in [1.165, 1.54) is 24.3 Å². The van der Waals surface area contributed by atoms with Crippen LogP contribution in [0.5, 0.6) is 0 Å². The first kappa shape index (κ1) is 18.6. The van der Waals surface area contributed by atoms with Gasteiger partial charge in [-0.3, -0.25) is 4.79 Å². The quantitative estimate of drug-likeness (QED) is 0.761. The topological polar surface area (TPSA) is 75.3 Å². The van der Waals surface area contributed by atoms with E-state index in [9.17, 15) is 17.6 Å². The smallest absolute Gasteiger partial charge is 0.240 e. The molecule has 2 aromatic carbocycles. The van der Waals surface area contributed by atoms with Crippen LogP contribution in [0.4, 0.5) is 10.1 Å². The lowest BCUT2D eigenvalue weighted by Gasteiger charge is -2.09. The Bertz CT molecular complexity index is 839. The van der Waals surface area contributed by atoms with E-state index >= 15 is 0 Å². The lowest BCUT2D eigenvalue weighted by atomic mass is 10.2. The fourth-order valence-corrected chi connectivity index (χ4v) is 3.23. The molecular weight excluding hydrogens is 399 g/mol. The molecule has 0 saturated carbocycles. The molecule has 0 fully saturated rings. The van der Waals surface area contributed by atoms with Crippen molar-refractivity contribution < 1.29 is 17.6 Å². The molecule has 0 aliphatic heterocycles. The first-order chi connectivity index (χ1) is 11.3. The molecule has 0 atom stereocenters. The van der Waals surface area contributed by atoms with Gasteiger partial charge in [0.1, 0.15) is 5.82 Å². The van der Waals surface area contributed by atoms with Crippen LogP contribution in [0.3, 0.4) is 0 Å². The zero-order valence-corrected chi connectivity index (χ0v) is 15.2. The van der Waals surface area contributed by atoms with Crippen molar-refractivity contribution in [2.24, 2.45) is 0 Å². The maximum Gasteiger partial charge on any atom is 0.240 e. The summed E-state index contributed by atoms with van der Waals surface area (Å²) in [6, 6.07) is 10.6. The van der Waals surface area contributed by atoms with E-state index in [4.69, 9.17) is 0 Å². The molecule has 0 aliphatic carbocycles. The van der Waals surface area contributed by atoms with Crippen molar-refractivity contribution in [2.45, 2.75) is 18.2 Å². The van der Waals surface area contributed by atoms with E-state index in [0.717, 1.165) is 10.0 Å². The van der Waals surface area contributed by atoms with Gasteiger partial charge in [0.05, 0.1) is 10.6 Å². The minimum absolute atomic E-state index is 0.0707. The van der Waals surface area contributed by atoms with Crippen molar-refractivity contribution >= 4 is 37.5 Å². The summed E-state index contributed by atoms with van der Waals surface area (Å²) in [6.45, 7) is 1.66. The third kappa shape index (κ3) is 5.12. The second-order valence-corrected chi connectivity index (χ2v) is 7.82. The van der Waals surface area contributed by atoms with Gasteiger partial charge in [0.25, 0.3) is 0 Å². The normalized spacial score (nSPS) is 11.3. The Kier molecular flexibility index (Phi) is 6.09. The van der Waals surface area contributed by atoms with Gasteiger partial charge in [-0.15, -0.1) is 0 Å². The maximum absolute atomic E-state index is 13.6. The Labute approximate surface area is 148 Å². The Morgan fingerprint density at radius 2 is 1.83 bits per heavy atom. The van der Waals surface area contributed by atoms with Crippen molar-refractivity contribution in [3.8, 4) is 0 Å². The zero-order valence-electron chi connectivity index (χ0n) is 12.8. The van der Waals surface area contributed by atoms with Gasteiger partial charge in [-0.05, 0) is 48.9 Å². The highest BCUT2D eigenvalue weighted by molar-refractivity contribution is 9.10. The molecule has 0 heterocycles. The minimum atomic E-state index is -3.68. The SMILES string of the molecule is Cc1ccc(NC(=O)CCNS(=O)(=O)c2ccc(Br)cc2)c(F)c1. The number of carbonyl (C=O) groups is 1. The van der Waals surface area contributed by atoms with Gasteiger partial charge in [-0.2, -0.15) is 0 Å². The second-order valence-electron chi connectivity index (χ2n) is 5.13. The fraction of sp³-hybridized carbons (Fsp3) is 0.188. The molecule has 128 valence electrons. The number of hydrogen-bond donors (Lipinski definition) is 2. The van der Waals surface area contributed by atoms with E-state index in [0.29, 0.717) is 0 Å². The zero-order chi connectivity index (χ0) is 17.7. The van der Waals surface area contributed by atoms with Crippen LogP contribution in [0.2, 0.25) is 0 Å². The second kappa shape index (κ2) is 7.87. The number of aryl methyl sites for hydroxylation is 1. The molecule has 8 heteroatoms. The Hall–Kier alpha value is -1.77. The Morgan fingerprint density at radius 1 is 1.17 bits per heavy atom. The molecule has 2 N–H and O–H groups in total. The molecule has 0 aliphatic rings. The number of halogens is 2. The van der Waals surface area contributed by atoms with E-state index < -0.39 is 21.7 Å². The van der Waals surface area contributed by atoms with Crippen LogP contribution in [0, 0.1) is 12.7 Å². The minimum Gasteiger partial charge on any atom is -0.324 e.